The largest absolute Gasteiger partial charge is 0.490 e. The smallest absolute Gasteiger partial charge is 0.475 e. The van der Waals surface area contributed by atoms with Crippen molar-refractivity contribution in [3.8, 4) is 17.3 Å². The van der Waals surface area contributed by atoms with Gasteiger partial charge in [-0.2, -0.15) is 23.5 Å². The molecule has 4 aromatic rings. The molecule has 1 saturated heterocycles. The summed E-state index contributed by atoms with van der Waals surface area (Å²) in [5, 5.41) is 22.2. The van der Waals surface area contributed by atoms with E-state index in [-0.39, 0.29) is 29.2 Å². The van der Waals surface area contributed by atoms with Gasteiger partial charge in [0.25, 0.3) is 0 Å². The minimum absolute atomic E-state index is 0.0547. The van der Waals surface area contributed by atoms with E-state index in [1.165, 1.54) is 6.33 Å². The van der Waals surface area contributed by atoms with Crippen LogP contribution in [0.15, 0.2) is 42.1 Å². The first kappa shape index (κ1) is 28.7. The molecule has 0 spiro atoms. The van der Waals surface area contributed by atoms with Crippen LogP contribution in [-0.4, -0.2) is 66.3 Å². The molecule has 0 bridgehead atoms. The van der Waals surface area contributed by atoms with Crippen molar-refractivity contribution < 1.29 is 31.9 Å². The maximum Gasteiger partial charge on any atom is 0.490 e. The van der Waals surface area contributed by atoms with E-state index in [1.54, 1.807) is 17.1 Å². The van der Waals surface area contributed by atoms with Crippen molar-refractivity contribution in [1.82, 2.24) is 29.7 Å². The summed E-state index contributed by atoms with van der Waals surface area (Å²) in [7, 11) is 0. The lowest BCUT2D eigenvalue weighted by molar-refractivity contribution is -0.192. The average molecular weight is 581 g/mol. The van der Waals surface area contributed by atoms with Gasteiger partial charge >= 0.3 is 12.1 Å². The second kappa shape index (κ2) is 11.9. The van der Waals surface area contributed by atoms with Crippen LogP contribution in [0.5, 0.6) is 0 Å². The molecule has 5 rings (SSSR count). The summed E-state index contributed by atoms with van der Waals surface area (Å²) in [5.41, 5.74) is 2.33. The molecular weight excluding hydrogens is 559 g/mol. The fraction of sp³-hybridized carbons (Fsp3) is 0.333. The predicted molar refractivity (Wildman–Crippen MR) is 134 cm³/mol. The van der Waals surface area contributed by atoms with Gasteiger partial charge in [-0.15, -0.1) is 11.8 Å². The molecule has 0 aliphatic carbocycles. The molecule has 1 aliphatic rings. The number of pyridine rings is 1. The number of carboxylic acids is 1. The maximum atomic E-state index is 14.5. The molecule has 1 fully saturated rings. The number of hydrogen-bond donors (Lipinski definition) is 2. The van der Waals surface area contributed by atoms with Crippen LogP contribution in [0.25, 0.3) is 22.3 Å². The van der Waals surface area contributed by atoms with E-state index >= 15 is 0 Å². The highest BCUT2D eigenvalue weighted by molar-refractivity contribution is 7.98. The molecule has 4 aromatic heterocycles. The SMILES string of the molecule is CSc1nc(N2CC[C@H]([C@H](CC#N)n3cc(-c4ncnc5[nH]ccc45)cn3)C2)c(F)cc1F.O=C(O)C(F)(F)F. The summed E-state index contributed by atoms with van der Waals surface area (Å²) in [6.45, 7) is 1.07. The maximum absolute atomic E-state index is 14.5. The van der Waals surface area contributed by atoms with Gasteiger partial charge in [0.1, 0.15) is 17.0 Å². The average Bonchev–Trinajstić information content (AvgIpc) is 3.68. The molecule has 2 atom stereocenters. The van der Waals surface area contributed by atoms with Gasteiger partial charge in [0.05, 0.1) is 30.4 Å². The number of thioether (sulfide) groups is 1. The Labute approximate surface area is 227 Å². The Kier molecular flexibility index (Phi) is 8.52. The number of carbonyl (C=O) groups is 1. The van der Waals surface area contributed by atoms with Crippen LogP contribution in [-0.2, 0) is 4.79 Å². The number of H-pyrrole nitrogens is 1. The van der Waals surface area contributed by atoms with Crippen molar-refractivity contribution in [2.24, 2.45) is 5.92 Å². The van der Waals surface area contributed by atoms with E-state index in [0.29, 0.717) is 13.1 Å². The molecule has 40 heavy (non-hydrogen) atoms. The second-order valence-electron chi connectivity index (χ2n) is 8.68. The highest BCUT2D eigenvalue weighted by atomic mass is 32.2. The molecule has 10 nitrogen and oxygen atoms in total. The Bertz CT molecular complexity index is 1550. The first-order chi connectivity index (χ1) is 19.0. The van der Waals surface area contributed by atoms with Crippen molar-refractivity contribution >= 4 is 34.6 Å². The number of nitrogens with zero attached hydrogens (tertiary/aromatic N) is 7. The van der Waals surface area contributed by atoms with Gasteiger partial charge in [0.2, 0.25) is 0 Å². The number of anilines is 1. The molecule has 2 N–H and O–H groups in total. The zero-order chi connectivity index (χ0) is 29.0. The van der Waals surface area contributed by atoms with Crippen molar-refractivity contribution in [2.45, 2.75) is 30.1 Å². The van der Waals surface area contributed by atoms with Gasteiger partial charge < -0.3 is 15.0 Å². The summed E-state index contributed by atoms with van der Waals surface area (Å²) in [4.78, 5) is 26.6. The van der Waals surface area contributed by atoms with Crippen molar-refractivity contribution in [1.29, 1.82) is 5.26 Å². The third kappa shape index (κ3) is 6.14. The molecule has 0 unspecified atom stereocenters. The number of aliphatic carboxylic acids is 1. The molecule has 0 radical (unpaired) electrons. The van der Waals surface area contributed by atoms with Crippen LogP contribution in [0.3, 0.4) is 0 Å². The minimum Gasteiger partial charge on any atom is -0.475 e. The van der Waals surface area contributed by atoms with Crippen LogP contribution in [0, 0.1) is 28.9 Å². The van der Waals surface area contributed by atoms with E-state index in [2.05, 4.69) is 31.1 Å². The summed E-state index contributed by atoms with van der Waals surface area (Å²) >= 11 is 1.14. The van der Waals surface area contributed by atoms with E-state index < -0.39 is 23.8 Å². The minimum atomic E-state index is -5.08. The predicted octanol–water partition coefficient (Wildman–Crippen LogP) is 4.83. The van der Waals surface area contributed by atoms with Gasteiger partial charge in [0.15, 0.2) is 17.5 Å². The number of nitrogens with one attached hydrogen (secondary N) is 1. The second-order valence-corrected chi connectivity index (χ2v) is 9.48. The highest BCUT2D eigenvalue weighted by Crippen LogP contribution is 2.35. The van der Waals surface area contributed by atoms with Crippen molar-refractivity contribution in [2.75, 3.05) is 24.2 Å². The Morgan fingerprint density at radius 2 is 2.08 bits per heavy atom. The highest BCUT2D eigenvalue weighted by Gasteiger charge is 2.38. The number of nitriles is 1. The number of carboxylic acid groups (broad SMARTS) is 1. The standard InChI is InChI=1S/C22H20F2N8S.C2HF3O2/c1-33-22-17(24)8-16(23)21(30-22)31-7-4-13(10-31)18(2-5-25)32-11-14(9-29-32)19-15-3-6-26-20(15)28-12-27-19;3-2(4,5)1(6)7/h3,6,8-9,11-13,18H,2,4,7,10H2,1H3,(H,26,27,28);(H,6,7)/t13-,18-;/m0./s1. The first-order valence-electron chi connectivity index (χ1n) is 11.7. The van der Waals surface area contributed by atoms with Crippen LogP contribution in [0.4, 0.5) is 27.8 Å². The van der Waals surface area contributed by atoms with Crippen molar-refractivity contribution in [3.63, 3.8) is 0 Å². The Morgan fingerprint density at radius 3 is 2.75 bits per heavy atom. The first-order valence-corrected chi connectivity index (χ1v) is 12.9. The molecule has 1 aliphatic heterocycles. The quantitative estimate of drug-likeness (QED) is 0.243. The normalized spacial score (nSPS) is 15.9. The number of aromatic amines is 1. The molecule has 5 heterocycles. The number of aromatic nitrogens is 6. The van der Waals surface area contributed by atoms with Gasteiger partial charge in [-0.05, 0) is 18.7 Å². The van der Waals surface area contributed by atoms with Crippen LogP contribution >= 0.6 is 11.8 Å². The van der Waals surface area contributed by atoms with Gasteiger partial charge in [0, 0.05) is 48.4 Å². The molecule has 0 aromatic carbocycles. The number of halogens is 5. The Balaban J connectivity index is 0.000000470. The van der Waals surface area contributed by atoms with Gasteiger partial charge in [-0.3, -0.25) is 4.68 Å². The van der Waals surface area contributed by atoms with Crippen LogP contribution in [0.2, 0.25) is 0 Å². The van der Waals surface area contributed by atoms with E-state index in [1.807, 2.05) is 23.4 Å². The molecule has 0 amide bonds. The molecule has 0 saturated carbocycles. The Hall–Kier alpha value is -4.26. The summed E-state index contributed by atoms with van der Waals surface area (Å²) in [6.07, 6.45) is 4.56. The molecule has 16 heteroatoms. The van der Waals surface area contributed by atoms with Gasteiger partial charge in [-0.25, -0.2) is 28.5 Å². The lowest BCUT2D eigenvalue weighted by Gasteiger charge is -2.23. The number of fused-ring (bicyclic) bond motifs is 1. The number of rotatable bonds is 6. The molecule has 210 valence electrons. The summed E-state index contributed by atoms with van der Waals surface area (Å²) in [6, 6.07) is 4.86. The van der Waals surface area contributed by atoms with Gasteiger partial charge in [-0.1, -0.05) is 0 Å². The zero-order valence-corrected chi connectivity index (χ0v) is 21.5. The topological polar surface area (TPSA) is 137 Å². The summed E-state index contributed by atoms with van der Waals surface area (Å²) < 4.78 is 61.9. The molecular formula is C24H21F5N8O2S. The lowest BCUT2D eigenvalue weighted by atomic mass is 9.96. The summed E-state index contributed by atoms with van der Waals surface area (Å²) in [5.74, 6) is -3.89. The monoisotopic (exact) mass is 580 g/mol. The van der Waals surface area contributed by atoms with E-state index in [4.69, 9.17) is 9.90 Å². The zero-order valence-electron chi connectivity index (χ0n) is 20.7. The lowest BCUT2D eigenvalue weighted by Crippen LogP contribution is -2.26. The Morgan fingerprint density at radius 1 is 1.32 bits per heavy atom. The fourth-order valence-corrected chi connectivity index (χ4v) is 4.84. The van der Waals surface area contributed by atoms with Crippen LogP contribution in [0.1, 0.15) is 18.9 Å². The number of alkyl halides is 3. The third-order valence-corrected chi connectivity index (χ3v) is 6.93. The van der Waals surface area contributed by atoms with Crippen molar-refractivity contribution in [3.05, 3.63) is 48.7 Å². The fourth-order valence-electron chi connectivity index (χ4n) is 4.41. The van der Waals surface area contributed by atoms with E-state index in [0.717, 1.165) is 46.5 Å². The third-order valence-electron chi connectivity index (χ3n) is 6.25. The van der Waals surface area contributed by atoms with Crippen LogP contribution < -0.4 is 4.90 Å². The van der Waals surface area contributed by atoms with E-state index in [9.17, 15) is 27.2 Å². The number of hydrogen-bond acceptors (Lipinski definition) is 8.